The lowest BCUT2D eigenvalue weighted by molar-refractivity contribution is -0.146. The summed E-state index contributed by atoms with van der Waals surface area (Å²) in [6, 6.07) is 0. The van der Waals surface area contributed by atoms with Crippen LogP contribution in [-0.2, 0) is 14.3 Å². The van der Waals surface area contributed by atoms with E-state index >= 15 is 0 Å². The van der Waals surface area contributed by atoms with Crippen LogP contribution in [0.25, 0.3) is 0 Å². The number of anilines is 1. The second-order valence-electron chi connectivity index (χ2n) is 5.84. The summed E-state index contributed by atoms with van der Waals surface area (Å²) in [6.07, 6.45) is 2.01. The molecule has 2 atom stereocenters. The normalized spacial score (nSPS) is 19.9. The highest BCUT2D eigenvalue weighted by Crippen LogP contribution is 2.36. The predicted molar refractivity (Wildman–Crippen MR) is 96.2 cm³/mol. The molecule has 0 aromatic carbocycles. The molecule has 0 fully saturated rings. The molecule has 1 aliphatic rings. The van der Waals surface area contributed by atoms with Crippen molar-refractivity contribution in [1.29, 1.82) is 0 Å². The minimum Gasteiger partial charge on any atom is -0.481 e. The largest absolute Gasteiger partial charge is 0.481 e. The number of carboxylic acid groups (broad SMARTS) is 1. The molecule has 0 unspecified atom stereocenters. The first-order valence-corrected chi connectivity index (χ1v) is 9.11. The molecule has 0 radical (unpaired) electrons. The van der Waals surface area contributed by atoms with E-state index in [1.54, 1.807) is 19.9 Å². The number of amides is 1. The minimum atomic E-state index is -1.04. The predicted octanol–water partition coefficient (Wildman–Crippen LogP) is 3.71. The van der Waals surface area contributed by atoms with Gasteiger partial charge in [0.05, 0.1) is 24.0 Å². The Kier molecular flexibility index (Phi) is 6.24. The second kappa shape index (κ2) is 8.01. The lowest BCUT2D eigenvalue weighted by Crippen LogP contribution is -2.35. The number of rotatable bonds is 5. The van der Waals surface area contributed by atoms with Gasteiger partial charge in [-0.15, -0.1) is 11.3 Å². The lowest BCUT2D eigenvalue weighted by Gasteiger charge is -2.25. The van der Waals surface area contributed by atoms with E-state index in [1.807, 2.05) is 6.92 Å². The van der Waals surface area contributed by atoms with Gasteiger partial charge < -0.3 is 15.2 Å². The summed E-state index contributed by atoms with van der Waals surface area (Å²) >= 11 is 7.27. The molecule has 25 heavy (non-hydrogen) atoms. The maximum Gasteiger partial charge on any atom is 0.341 e. The van der Waals surface area contributed by atoms with Crippen molar-refractivity contribution in [3.63, 3.8) is 0 Å². The molecule has 0 saturated heterocycles. The molecule has 8 heteroatoms. The number of hydrogen-bond donors (Lipinski definition) is 2. The molecule has 2 N–H and O–H groups in total. The van der Waals surface area contributed by atoms with E-state index in [-0.39, 0.29) is 19.4 Å². The van der Waals surface area contributed by atoms with Gasteiger partial charge in [0.25, 0.3) is 0 Å². The highest BCUT2D eigenvalue weighted by Gasteiger charge is 2.37. The number of aliphatic carboxylic acids is 1. The topological polar surface area (TPSA) is 92.7 Å². The van der Waals surface area contributed by atoms with Gasteiger partial charge in [-0.25, -0.2) is 4.79 Å². The molecular weight excluding hydrogens is 366 g/mol. The van der Waals surface area contributed by atoms with Gasteiger partial charge in [-0.3, -0.25) is 9.59 Å². The monoisotopic (exact) mass is 385 g/mol. The molecule has 0 bridgehead atoms. The summed E-state index contributed by atoms with van der Waals surface area (Å²) < 4.78 is 5.06. The molecule has 1 aromatic rings. The quantitative estimate of drug-likeness (QED) is 0.753. The molecule has 0 aliphatic heterocycles. The first-order chi connectivity index (χ1) is 11.8. The number of allylic oxidation sites excluding steroid dienone is 2. The number of carbonyl (C=O) groups excluding carboxylic acids is 2. The van der Waals surface area contributed by atoms with Gasteiger partial charge in [0.2, 0.25) is 5.91 Å². The van der Waals surface area contributed by atoms with Crippen molar-refractivity contribution in [1.82, 2.24) is 0 Å². The van der Waals surface area contributed by atoms with Crippen LogP contribution < -0.4 is 5.32 Å². The first kappa shape index (κ1) is 19.5. The van der Waals surface area contributed by atoms with Crippen molar-refractivity contribution in [3.8, 4) is 0 Å². The van der Waals surface area contributed by atoms with Gasteiger partial charge in [-0.1, -0.05) is 17.7 Å². The van der Waals surface area contributed by atoms with Crippen molar-refractivity contribution in [2.45, 2.75) is 33.6 Å². The average Bonchev–Trinajstić information content (AvgIpc) is 2.81. The number of ether oxygens (including phenoxy) is 1. The zero-order valence-corrected chi connectivity index (χ0v) is 15.8. The number of thiophene rings is 1. The fourth-order valence-electron chi connectivity index (χ4n) is 2.77. The van der Waals surface area contributed by atoms with Gasteiger partial charge in [0.15, 0.2) is 0 Å². The Morgan fingerprint density at radius 2 is 2.04 bits per heavy atom. The van der Waals surface area contributed by atoms with E-state index in [9.17, 15) is 19.5 Å². The van der Waals surface area contributed by atoms with Gasteiger partial charge in [0, 0.05) is 9.91 Å². The van der Waals surface area contributed by atoms with Crippen LogP contribution in [0, 0.1) is 25.7 Å². The molecule has 1 amide bonds. The van der Waals surface area contributed by atoms with E-state index in [4.69, 9.17) is 16.3 Å². The van der Waals surface area contributed by atoms with Crippen LogP contribution >= 0.6 is 22.9 Å². The molecule has 6 nitrogen and oxygen atoms in total. The van der Waals surface area contributed by atoms with Crippen LogP contribution in [0.4, 0.5) is 5.00 Å². The van der Waals surface area contributed by atoms with E-state index < -0.39 is 29.7 Å². The Morgan fingerprint density at radius 3 is 2.64 bits per heavy atom. The van der Waals surface area contributed by atoms with Crippen molar-refractivity contribution in [2.75, 3.05) is 11.9 Å². The Bertz CT molecular complexity index is 740. The molecule has 2 rings (SSSR count). The third-order valence-electron chi connectivity index (χ3n) is 4.25. The van der Waals surface area contributed by atoms with Gasteiger partial charge in [-0.05, 0) is 39.2 Å². The number of esters is 1. The zero-order valence-electron chi connectivity index (χ0n) is 14.2. The summed E-state index contributed by atoms with van der Waals surface area (Å²) in [5.41, 5.74) is 1.07. The van der Waals surface area contributed by atoms with Gasteiger partial charge in [0.1, 0.15) is 5.00 Å². The van der Waals surface area contributed by atoms with E-state index in [0.717, 1.165) is 10.4 Å². The Balaban J connectivity index is 2.28. The maximum atomic E-state index is 12.7. The average molecular weight is 386 g/mol. The molecule has 1 aromatic heterocycles. The first-order valence-electron chi connectivity index (χ1n) is 7.91. The number of carboxylic acids is 1. The SMILES string of the molecule is CCOC(=O)c1c(NC(=O)[C@@H]2CC(Cl)=CC[C@@H]2C(=O)O)sc(C)c1C. The van der Waals surface area contributed by atoms with Crippen molar-refractivity contribution in [3.05, 3.63) is 27.1 Å². The fraction of sp³-hybridized carbons (Fsp3) is 0.471. The Hall–Kier alpha value is -1.86. The second-order valence-corrected chi connectivity index (χ2v) is 7.55. The van der Waals surface area contributed by atoms with Gasteiger partial charge >= 0.3 is 11.9 Å². The minimum absolute atomic E-state index is 0.169. The Labute approximate surface area is 154 Å². The lowest BCUT2D eigenvalue weighted by atomic mass is 9.82. The fourth-order valence-corrected chi connectivity index (χ4v) is 4.08. The van der Waals surface area contributed by atoms with Crippen molar-refractivity contribution in [2.24, 2.45) is 11.8 Å². The van der Waals surface area contributed by atoms with E-state index in [1.165, 1.54) is 11.3 Å². The van der Waals surface area contributed by atoms with E-state index in [2.05, 4.69) is 5.32 Å². The highest BCUT2D eigenvalue weighted by molar-refractivity contribution is 7.16. The molecule has 1 aliphatic carbocycles. The summed E-state index contributed by atoms with van der Waals surface area (Å²) in [5, 5.41) is 12.9. The van der Waals surface area contributed by atoms with E-state index in [0.29, 0.717) is 15.6 Å². The maximum absolute atomic E-state index is 12.7. The molecular formula is C17H20ClNO5S. The number of aryl methyl sites for hydroxylation is 1. The van der Waals surface area contributed by atoms with Crippen LogP contribution in [-0.4, -0.2) is 29.6 Å². The number of nitrogens with one attached hydrogen (secondary N) is 1. The smallest absolute Gasteiger partial charge is 0.341 e. The zero-order chi connectivity index (χ0) is 18.7. The van der Waals surface area contributed by atoms with Crippen molar-refractivity contribution >= 4 is 45.8 Å². The third kappa shape index (κ3) is 4.22. The van der Waals surface area contributed by atoms with Crippen LogP contribution in [0.1, 0.15) is 40.6 Å². The molecule has 0 spiro atoms. The van der Waals surface area contributed by atoms with Crippen LogP contribution in [0.15, 0.2) is 11.1 Å². The standard InChI is InChI=1S/C17H20ClNO5S/c1-4-24-17(23)13-8(2)9(3)25-15(13)19-14(20)12-7-10(18)5-6-11(12)16(21)22/h5,11-12H,4,6-7H2,1-3H3,(H,19,20)(H,21,22)/t11-,12+/m0/s1. The number of halogens is 1. The highest BCUT2D eigenvalue weighted by atomic mass is 35.5. The van der Waals surface area contributed by atoms with Crippen LogP contribution in [0.5, 0.6) is 0 Å². The summed E-state index contributed by atoms with van der Waals surface area (Å²) in [4.78, 5) is 37.2. The summed E-state index contributed by atoms with van der Waals surface area (Å²) in [5.74, 6) is -3.62. The van der Waals surface area contributed by atoms with Crippen LogP contribution in [0.3, 0.4) is 0 Å². The number of carbonyl (C=O) groups is 3. The third-order valence-corrected chi connectivity index (χ3v) is 5.68. The van der Waals surface area contributed by atoms with Gasteiger partial charge in [-0.2, -0.15) is 0 Å². The Morgan fingerprint density at radius 1 is 1.36 bits per heavy atom. The van der Waals surface area contributed by atoms with Crippen LogP contribution in [0.2, 0.25) is 0 Å². The molecule has 1 heterocycles. The number of hydrogen-bond acceptors (Lipinski definition) is 5. The molecule has 0 saturated carbocycles. The summed E-state index contributed by atoms with van der Waals surface area (Å²) in [6.45, 7) is 5.57. The summed E-state index contributed by atoms with van der Waals surface area (Å²) in [7, 11) is 0. The molecule has 136 valence electrons. The van der Waals surface area contributed by atoms with Crippen molar-refractivity contribution < 1.29 is 24.2 Å².